The number of carbonyl (C=O) groups excluding carboxylic acids is 2. The number of hydrogen-bond acceptors (Lipinski definition) is 5. The van der Waals surface area contributed by atoms with Crippen LogP contribution in [0.15, 0.2) is 29.5 Å². The van der Waals surface area contributed by atoms with Gasteiger partial charge in [0.05, 0.1) is 5.57 Å². The molecular weight excluding hydrogens is 282 g/mol. The molecule has 0 spiro atoms. The van der Waals surface area contributed by atoms with Gasteiger partial charge in [-0.3, -0.25) is 4.79 Å². The zero-order valence-electron chi connectivity index (χ0n) is 13.7. The standard InChI is InChI=1S/C17H25NO4/c1-6-15-10(2)7-8-14(19)11(3)9-12(4)16(18-21)13(5)17(20)22-15/h7-8,10-12,15-16H,5-6,9H2,1-4H3/b8-7+/t10-,11-,12+,15-,16+/m1/s1. The van der Waals surface area contributed by atoms with Crippen LogP contribution in [0.5, 0.6) is 0 Å². The molecule has 0 bridgehead atoms. The van der Waals surface area contributed by atoms with Crippen molar-refractivity contribution in [2.24, 2.45) is 22.9 Å². The van der Waals surface area contributed by atoms with Crippen molar-refractivity contribution in [2.45, 2.75) is 52.7 Å². The average Bonchev–Trinajstić information content (AvgIpc) is 2.48. The van der Waals surface area contributed by atoms with E-state index < -0.39 is 12.0 Å². The van der Waals surface area contributed by atoms with E-state index in [9.17, 15) is 14.5 Å². The van der Waals surface area contributed by atoms with Crippen LogP contribution in [0.1, 0.15) is 40.5 Å². The molecule has 1 heterocycles. The highest BCUT2D eigenvalue weighted by Gasteiger charge is 2.31. The van der Waals surface area contributed by atoms with Gasteiger partial charge in [-0.15, -0.1) is 0 Å². The van der Waals surface area contributed by atoms with Crippen LogP contribution in [-0.2, 0) is 14.3 Å². The molecule has 122 valence electrons. The van der Waals surface area contributed by atoms with Gasteiger partial charge >= 0.3 is 5.97 Å². The monoisotopic (exact) mass is 307 g/mol. The molecular formula is C17H25NO4. The van der Waals surface area contributed by atoms with E-state index in [0.717, 1.165) is 0 Å². The number of ketones is 1. The van der Waals surface area contributed by atoms with Crippen molar-refractivity contribution >= 4 is 11.8 Å². The summed E-state index contributed by atoms with van der Waals surface area (Å²) in [5, 5.41) is 3.04. The first kappa shape index (κ1) is 18.3. The molecule has 1 aliphatic rings. The topological polar surface area (TPSA) is 72.8 Å². The van der Waals surface area contributed by atoms with Gasteiger partial charge < -0.3 is 4.74 Å². The van der Waals surface area contributed by atoms with Crippen molar-refractivity contribution in [1.82, 2.24) is 0 Å². The predicted molar refractivity (Wildman–Crippen MR) is 85.2 cm³/mol. The van der Waals surface area contributed by atoms with Gasteiger partial charge in [-0.1, -0.05) is 45.5 Å². The summed E-state index contributed by atoms with van der Waals surface area (Å²) < 4.78 is 5.44. The lowest BCUT2D eigenvalue weighted by Crippen LogP contribution is -2.31. The van der Waals surface area contributed by atoms with Gasteiger partial charge in [0.2, 0.25) is 0 Å². The highest BCUT2D eigenvalue weighted by molar-refractivity contribution is 5.92. The van der Waals surface area contributed by atoms with E-state index in [1.165, 1.54) is 0 Å². The molecule has 0 saturated carbocycles. The third-order valence-electron chi connectivity index (χ3n) is 4.29. The van der Waals surface area contributed by atoms with E-state index in [0.29, 0.717) is 12.8 Å². The first-order chi connectivity index (χ1) is 10.3. The number of ether oxygens (including phenoxy) is 1. The molecule has 0 aromatic rings. The Kier molecular flexibility index (Phi) is 6.65. The van der Waals surface area contributed by atoms with Crippen molar-refractivity contribution in [2.75, 3.05) is 0 Å². The molecule has 5 heteroatoms. The van der Waals surface area contributed by atoms with Crippen LogP contribution in [0.2, 0.25) is 0 Å². The molecule has 0 fully saturated rings. The van der Waals surface area contributed by atoms with Crippen LogP contribution in [0.4, 0.5) is 0 Å². The normalized spacial score (nSPS) is 36.0. The lowest BCUT2D eigenvalue weighted by molar-refractivity contribution is -0.146. The predicted octanol–water partition coefficient (Wildman–Crippen LogP) is 3.44. The first-order valence-electron chi connectivity index (χ1n) is 7.76. The molecule has 5 nitrogen and oxygen atoms in total. The van der Waals surface area contributed by atoms with E-state index in [1.54, 1.807) is 19.1 Å². The maximum absolute atomic E-state index is 12.2. The van der Waals surface area contributed by atoms with Gasteiger partial charge in [0.25, 0.3) is 0 Å². The van der Waals surface area contributed by atoms with E-state index >= 15 is 0 Å². The minimum atomic E-state index is -0.862. The van der Waals surface area contributed by atoms with Crippen LogP contribution in [0.3, 0.4) is 0 Å². The first-order valence-corrected chi connectivity index (χ1v) is 7.76. The van der Waals surface area contributed by atoms with Gasteiger partial charge in [0.1, 0.15) is 12.1 Å². The minimum Gasteiger partial charge on any atom is -0.458 e. The zero-order chi connectivity index (χ0) is 16.9. The summed E-state index contributed by atoms with van der Waals surface area (Å²) in [5.74, 6) is -1.14. The van der Waals surface area contributed by atoms with Gasteiger partial charge in [-0.2, -0.15) is 4.91 Å². The number of hydrogen-bond donors (Lipinski definition) is 0. The average molecular weight is 307 g/mol. The zero-order valence-corrected chi connectivity index (χ0v) is 13.7. The second kappa shape index (κ2) is 8.01. The van der Waals surface area contributed by atoms with Gasteiger partial charge in [0.15, 0.2) is 5.78 Å². The minimum absolute atomic E-state index is 0.00992. The van der Waals surface area contributed by atoms with Crippen LogP contribution >= 0.6 is 0 Å². The van der Waals surface area contributed by atoms with Gasteiger partial charge in [-0.25, -0.2) is 4.79 Å². The summed E-state index contributed by atoms with van der Waals surface area (Å²) in [7, 11) is 0. The summed E-state index contributed by atoms with van der Waals surface area (Å²) in [4.78, 5) is 35.5. The number of nitroso groups, excluding NO2 is 1. The Morgan fingerprint density at radius 3 is 2.50 bits per heavy atom. The Morgan fingerprint density at radius 1 is 1.32 bits per heavy atom. The molecule has 0 aromatic heterocycles. The Balaban J connectivity index is 3.15. The Hall–Kier alpha value is -1.78. The molecule has 1 aliphatic heterocycles. The number of allylic oxidation sites excluding steroid dienone is 1. The smallest absolute Gasteiger partial charge is 0.336 e. The molecule has 5 atom stereocenters. The third kappa shape index (κ3) is 4.36. The van der Waals surface area contributed by atoms with Crippen molar-refractivity contribution in [3.05, 3.63) is 29.2 Å². The largest absolute Gasteiger partial charge is 0.458 e. The molecule has 1 rings (SSSR count). The number of carbonyl (C=O) groups is 2. The summed E-state index contributed by atoms with van der Waals surface area (Å²) in [6, 6.07) is -0.862. The van der Waals surface area contributed by atoms with E-state index in [2.05, 4.69) is 11.8 Å². The van der Waals surface area contributed by atoms with Crippen molar-refractivity contribution < 1.29 is 14.3 Å². The molecule has 0 N–H and O–H groups in total. The summed E-state index contributed by atoms with van der Waals surface area (Å²) in [5.41, 5.74) is 0.0670. The Bertz CT molecular complexity index is 483. The molecule has 0 radical (unpaired) electrons. The lowest BCUT2D eigenvalue weighted by Gasteiger charge is -2.25. The molecule has 0 aromatic carbocycles. The summed E-state index contributed by atoms with van der Waals surface area (Å²) in [6.07, 6.45) is 4.06. The fraction of sp³-hybridized carbons (Fsp3) is 0.647. The highest BCUT2D eigenvalue weighted by atomic mass is 16.5. The Morgan fingerprint density at radius 2 is 1.95 bits per heavy atom. The number of nitrogens with zero attached hydrogens (tertiary/aromatic N) is 1. The quantitative estimate of drug-likeness (QED) is 0.445. The third-order valence-corrected chi connectivity index (χ3v) is 4.29. The van der Waals surface area contributed by atoms with Crippen LogP contribution in [-0.4, -0.2) is 23.9 Å². The number of esters is 1. The maximum atomic E-state index is 12.2. The van der Waals surface area contributed by atoms with E-state index in [4.69, 9.17) is 4.74 Å². The van der Waals surface area contributed by atoms with E-state index in [1.807, 2.05) is 20.8 Å². The van der Waals surface area contributed by atoms with Crippen molar-refractivity contribution in [1.29, 1.82) is 0 Å². The van der Waals surface area contributed by atoms with Crippen LogP contribution in [0.25, 0.3) is 0 Å². The van der Waals surface area contributed by atoms with Gasteiger partial charge in [0, 0.05) is 11.8 Å². The highest BCUT2D eigenvalue weighted by Crippen LogP contribution is 2.26. The second-order valence-electron chi connectivity index (χ2n) is 6.16. The van der Waals surface area contributed by atoms with Crippen LogP contribution < -0.4 is 0 Å². The molecule has 22 heavy (non-hydrogen) atoms. The van der Waals surface area contributed by atoms with Crippen LogP contribution in [0, 0.1) is 22.7 Å². The van der Waals surface area contributed by atoms with Crippen molar-refractivity contribution in [3.8, 4) is 0 Å². The Labute approximate surface area is 131 Å². The molecule has 0 saturated heterocycles. The van der Waals surface area contributed by atoms with Gasteiger partial charge in [-0.05, 0) is 24.8 Å². The molecule has 0 aliphatic carbocycles. The lowest BCUT2D eigenvalue weighted by atomic mass is 9.85. The second-order valence-corrected chi connectivity index (χ2v) is 6.16. The fourth-order valence-electron chi connectivity index (χ4n) is 2.74. The molecule has 0 amide bonds. The SMILES string of the molecule is C=C1C(=O)O[C@H](CC)[C@H](C)/C=C/C(=O)[C@H](C)C[C@H](C)[C@@H]1N=O. The number of rotatable bonds is 2. The van der Waals surface area contributed by atoms with E-state index in [-0.39, 0.29) is 35.2 Å². The fourth-order valence-corrected chi connectivity index (χ4v) is 2.74. The number of cyclic esters (lactones) is 1. The summed E-state index contributed by atoms with van der Waals surface area (Å²) >= 11 is 0. The summed E-state index contributed by atoms with van der Waals surface area (Å²) in [6.45, 7) is 11.1. The van der Waals surface area contributed by atoms with Crippen molar-refractivity contribution in [3.63, 3.8) is 0 Å². The molecule has 0 unspecified atom stereocenters. The maximum Gasteiger partial charge on any atom is 0.336 e.